The van der Waals surface area contributed by atoms with Crippen LogP contribution in [0, 0.1) is 5.92 Å². The van der Waals surface area contributed by atoms with Gasteiger partial charge in [0.05, 0.1) is 11.0 Å². The van der Waals surface area contributed by atoms with Crippen molar-refractivity contribution in [1.29, 1.82) is 0 Å². The summed E-state index contributed by atoms with van der Waals surface area (Å²) in [4.78, 5) is 38.9. The SMILES string of the molecule is Cn1c(=O)n(CC(=O)N2C(C(=O)O)CC3CCCCC32)c2ccccc21. The van der Waals surface area contributed by atoms with Gasteiger partial charge in [-0.2, -0.15) is 0 Å². The van der Waals surface area contributed by atoms with E-state index in [1.165, 1.54) is 9.13 Å². The maximum atomic E-state index is 13.1. The summed E-state index contributed by atoms with van der Waals surface area (Å²) in [5.74, 6) is -0.957. The Morgan fingerprint density at radius 1 is 1.15 bits per heavy atom. The van der Waals surface area contributed by atoms with E-state index in [2.05, 4.69) is 0 Å². The minimum absolute atomic E-state index is 0.0111. The van der Waals surface area contributed by atoms with Crippen molar-refractivity contribution in [1.82, 2.24) is 14.0 Å². The molecule has 0 spiro atoms. The molecule has 2 fully saturated rings. The van der Waals surface area contributed by atoms with Gasteiger partial charge < -0.3 is 10.0 Å². The zero-order valence-electron chi connectivity index (χ0n) is 14.8. The molecule has 4 rings (SSSR count). The second-order valence-electron chi connectivity index (χ2n) is 7.42. The van der Waals surface area contributed by atoms with E-state index in [0.29, 0.717) is 11.9 Å². The number of aryl methyl sites for hydroxylation is 1. The van der Waals surface area contributed by atoms with E-state index in [1.54, 1.807) is 11.9 Å². The van der Waals surface area contributed by atoms with Crippen LogP contribution in [0.15, 0.2) is 29.1 Å². The first kappa shape index (κ1) is 16.9. The number of nitrogens with zero attached hydrogens (tertiary/aromatic N) is 3. The molecular weight excluding hydrogens is 334 g/mol. The largest absolute Gasteiger partial charge is 0.480 e. The van der Waals surface area contributed by atoms with Gasteiger partial charge in [-0.25, -0.2) is 9.59 Å². The first-order valence-electron chi connectivity index (χ1n) is 9.17. The Labute approximate surface area is 150 Å². The van der Waals surface area contributed by atoms with Crippen molar-refractivity contribution < 1.29 is 14.7 Å². The van der Waals surface area contributed by atoms with Gasteiger partial charge >= 0.3 is 11.7 Å². The Bertz CT molecular complexity index is 928. The summed E-state index contributed by atoms with van der Waals surface area (Å²) >= 11 is 0. The molecule has 1 aliphatic carbocycles. The van der Waals surface area contributed by atoms with E-state index in [-0.39, 0.29) is 30.1 Å². The Morgan fingerprint density at radius 2 is 1.85 bits per heavy atom. The standard InChI is InChI=1S/C19H23N3O4/c1-20-14-8-4-5-9-15(14)21(19(20)26)11-17(23)22-13-7-3-2-6-12(13)10-16(22)18(24)25/h4-5,8-9,12-13,16H,2-3,6-7,10-11H2,1H3,(H,24,25). The number of para-hydroxylation sites is 2. The summed E-state index contributed by atoms with van der Waals surface area (Å²) in [6, 6.07) is 6.54. The molecule has 7 heteroatoms. The Balaban J connectivity index is 1.68. The number of imidazole rings is 1. The highest BCUT2D eigenvalue weighted by molar-refractivity contribution is 5.86. The summed E-state index contributed by atoms with van der Waals surface area (Å²) < 4.78 is 2.97. The molecule has 138 valence electrons. The summed E-state index contributed by atoms with van der Waals surface area (Å²) in [6.45, 7) is -0.118. The fraction of sp³-hybridized carbons (Fsp3) is 0.526. The lowest BCUT2D eigenvalue weighted by Crippen LogP contribution is -2.48. The van der Waals surface area contributed by atoms with Gasteiger partial charge in [-0.05, 0) is 37.3 Å². The van der Waals surface area contributed by atoms with Crippen LogP contribution in [0.5, 0.6) is 0 Å². The molecule has 1 saturated carbocycles. The van der Waals surface area contributed by atoms with Crippen molar-refractivity contribution in [2.45, 2.75) is 50.7 Å². The summed E-state index contributed by atoms with van der Waals surface area (Å²) in [5.41, 5.74) is 1.20. The van der Waals surface area contributed by atoms with Gasteiger partial charge in [-0.15, -0.1) is 0 Å². The van der Waals surface area contributed by atoms with E-state index in [9.17, 15) is 19.5 Å². The zero-order chi connectivity index (χ0) is 18.4. The van der Waals surface area contributed by atoms with Crippen LogP contribution in [-0.2, 0) is 23.2 Å². The molecule has 3 unspecified atom stereocenters. The molecule has 1 aliphatic heterocycles. The quantitative estimate of drug-likeness (QED) is 0.904. The van der Waals surface area contributed by atoms with Gasteiger partial charge in [0, 0.05) is 13.1 Å². The molecule has 1 saturated heterocycles. The van der Waals surface area contributed by atoms with Gasteiger partial charge in [0.25, 0.3) is 0 Å². The number of carboxylic acid groups (broad SMARTS) is 1. The highest BCUT2D eigenvalue weighted by Gasteiger charge is 2.47. The van der Waals surface area contributed by atoms with Crippen molar-refractivity contribution in [2.24, 2.45) is 13.0 Å². The lowest BCUT2D eigenvalue weighted by molar-refractivity contribution is -0.150. The van der Waals surface area contributed by atoms with Crippen LogP contribution in [-0.4, -0.2) is 43.1 Å². The highest BCUT2D eigenvalue weighted by Crippen LogP contribution is 2.40. The molecule has 1 aromatic heterocycles. The fourth-order valence-corrected chi connectivity index (χ4v) is 4.77. The average Bonchev–Trinajstić information content (AvgIpc) is 3.14. The van der Waals surface area contributed by atoms with Crippen molar-refractivity contribution in [2.75, 3.05) is 0 Å². The third-order valence-electron chi connectivity index (χ3n) is 6.01. The van der Waals surface area contributed by atoms with Gasteiger partial charge in [-0.1, -0.05) is 25.0 Å². The normalized spacial score (nSPS) is 25.4. The van der Waals surface area contributed by atoms with E-state index in [1.807, 2.05) is 24.3 Å². The van der Waals surface area contributed by atoms with Crippen LogP contribution < -0.4 is 5.69 Å². The number of carboxylic acids is 1. The van der Waals surface area contributed by atoms with Crippen LogP contribution in [0.25, 0.3) is 11.0 Å². The maximum Gasteiger partial charge on any atom is 0.329 e. The molecule has 0 radical (unpaired) electrons. The van der Waals surface area contributed by atoms with Crippen LogP contribution >= 0.6 is 0 Å². The predicted octanol–water partition coefficient (Wildman–Crippen LogP) is 1.58. The van der Waals surface area contributed by atoms with Crippen molar-refractivity contribution in [3.63, 3.8) is 0 Å². The van der Waals surface area contributed by atoms with Gasteiger partial charge in [0.1, 0.15) is 12.6 Å². The lowest BCUT2D eigenvalue weighted by Gasteiger charge is -2.33. The van der Waals surface area contributed by atoms with E-state index in [4.69, 9.17) is 0 Å². The molecule has 1 amide bonds. The maximum absolute atomic E-state index is 13.1. The predicted molar refractivity (Wildman–Crippen MR) is 95.8 cm³/mol. The molecule has 2 aliphatic rings. The van der Waals surface area contributed by atoms with Crippen molar-refractivity contribution in [3.8, 4) is 0 Å². The van der Waals surface area contributed by atoms with Gasteiger partial charge in [0.15, 0.2) is 0 Å². The number of rotatable bonds is 3. The van der Waals surface area contributed by atoms with Crippen LogP contribution in [0.2, 0.25) is 0 Å². The number of fused-ring (bicyclic) bond motifs is 2. The Hall–Kier alpha value is -2.57. The minimum Gasteiger partial charge on any atom is -0.480 e. The van der Waals surface area contributed by atoms with E-state index in [0.717, 1.165) is 31.2 Å². The molecule has 0 bridgehead atoms. The number of aromatic nitrogens is 2. The molecule has 3 atom stereocenters. The number of amides is 1. The Kier molecular flexibility index (Phi) is 4.09. The van der Waals surface area contributed by atoms with Crippen molar-refractivity contribution >= 4 is 22.9 Å². The van der Waals surface area contributed by atoms with E-state index >= 15 is 0 Å². The molecule has 7 nitrogen and oxygen atoms in total. The molecular formula is C19H23N3O4. The minimum atomic E-state index is -0.946. The Morgan fingerprint density at radius 3 is 2.58 bits per heavy atom. The van der Waals surface area contributed by atoms with Crippen LogP contribution in [0.1, 0.15) is 32.1 Å². The average molecular weight is 357 g/mol. The highest BCUT2D eigenvalue weighted by atomic mass is 16.4. The number of carbonyl (C=O) groups is 2. The molecule has 1 aromatic carbocycles. The second kappa shape index (κ2) is 6.30. The first-order valence-corrected chi connectivity index (χ1v) is 9.17. The molecule has 1 N–H and O–H groups in total. The number of benzene rings is 1. The number of hydrogen-bond acceptors (Lipinski definition) is 3. The lowest BCUT2D eigenvalue weighted by atomic mass is 9.85. The van der Waals surface area contributed by atoms with Crippen LogP contribution in [0.3, 0.4) is 0 Å². The number of carbonyl (C=O) groups excluding carboxylic acids is 1. The number of likely N-dealkylation sites (tertiary alicyclic amines) is 1. The number of aliphatic carboxylic acids is 1. The summed E-state index contributed by atoms with van der Waals surface area (Å²) in [5, 5.41) is 9.61. The first-order chi connectivity index (χ1) is 12.5. The van der Waals surface area contributed by atoms with Gasteiger partial charge in [-0.3, -0.25) is 13.9 Å². The van der Waals surface area contributed by atoms with Gasteiger partial charge in [0.2, 0.25) is 5.91 Å². The topological polar surface area (TPSA) is 84.5 Å². The number of hydrogen-bond donors (Lipinski definition) is 1. The monoisotopic (exact) mass is 357 g/mol. The summed E-state index contributed by atoms with van der Waals surface area (Å²) in [7, 11) is 1.68. The summed E-state index contributed by atoms with van der Waals surface area (Å²) in [6.07, 6.45) is 4.47. The third kappa shape index (κ3) is 2.53. The third-order valence-corrected chi connectivity index (χ3v) is 6.01. The zero-order valence-corrected chi connectivity index (χ0v) is 14.8. The van der Waals surface area contributed by atoms with Crippen LogP contribution in [0.4, 0.5) is 0 Å². The van der Waals surface area contributed by atoms with E-state index < -0.39 is 12.0 Å². The molecule has 2 heterocycles. The smallest absolute Gasteiger partial charge is 0.329 e. The van der Waals surface area contributed by atoms with Crippen molar-refractivity contribution in [3.05, 3.63) is 34.7 Å². The molecule has 26 heavy (non-hydrogen) atoms. The second-order valence-corrected chi connectivity index (χ2v) is 7.42. The molecule has 2 aromatic rings. The fourth-order valence-electron chi connectivity index (χ4n) is 4.77.